The summed E-state index contributed by atoms with van der Waals surface area (Å²) >= 11 is 1.87. The summed E-state index contributed by atoms with van der Waals surface area (Å²) in [6, 6.07) is 54.9. The third-order valence-corrected chi connectivity index (χ3v) is 10.6. The molecule has 0 aliphatic carbocycles. The van der Waals surface area contributed by atoms with Crippen molar-refractivity contribution in [2.45, 2.75) is 0 Å². The molecule has 10 rings (SSSR count). The molecular weight excluding hydrogens is 577 g/mol. The summed E-state index contributed by atoms with van der Waals surface area (Å²) in [4.78, 5) is 5.30. The summed E-state index contributed by atoms with van der Waals surface area (Å²) in [6.45, 7) is 0. The molecule has 0 saturated carbocycles. The molecule has 0 radical (unpaired) electrons. The first-order chi connectivity index (χ1) is 22.8. The monoisotopic (exact) mass is 602 g/mol. The normalized spacial score (nSPS) is 11.9. The van der Waals surface area contributed by atoms with Gasteiger partial charge >= 0.3 is 0 Å². The summed E-state index contributed by atoms with van der Waals surface area (Å²) in [5, 5.41) is 8.72. The van der Waals surface area contributed by atoms with E-state index in [0.29, 0.717) is 0 Å². The molecule has 0 amide bonds. The first-order valence-electron chi connectivity index (χ1n) is 15.6. The van der Waals surface area contributed by atoms with Crippen molar-refractivity contribution in [1.82, 2.24) is 9.55 Å². The fourth-order valence-corrected chi connectivity index (χ4v) is 8.52. The first kappa shape index (κ1) is 25.5. The van der Waals surface area contributed by atoms with Gasteiger partial charge in [0.25, 0.3) is 0 Å². The molecule has 0 fully saturated rings. The Morgan fingerprint density at radius 2 is 1.13 bits per heavy atom. The number of hydrogen-bond acceptors (Lipinski definition) is 2. The standard InChI is InChI=1S/C43H26N2S/c1-3-11-27(12-4-1)30-23-31(28-13-5-2-6-14-28)25-32(24-30)45-38-18-10-9-17-34(38)35-20-21-36-41(42(35)45)44-26-37-40-33-16-8-7-15-29(33)19-22-39(40)46-43(36)37/h1-26H. The van der Waals surface area contributed by atoms with Crippen molar-refractivity contribution >= 4 is 75.0 Å². The number of fused-ring (bicyclic) bond motifs is 11. The molecule has 0 spiro atoms. The highest BCUT2D eigenvalue weighted by Gasteiger charge is 2.20. The van der Waals surface area contributed by atoms with Crippen LogP contribution in [0, 0.1) is 0 Å². The SMILES string of the molecule is c1ccc(-c2cc(-c3ccccc3)cc(-n3c4ccccc4c4ccc5c(ncc6c5sc5ccc7ccccc7c56)c43)c2)cc1. The smallest absolute Gasteiger partial charge is 0.0963 e. The molecule has 2 nitrogen and oxygen atoms in total. The van der Waals surface area contributed by atoms with Gasteiger partial charge in [-0.1, -0.05) is 121 Å². The maximum Gasteiger partial charge on any atom is 0.0963 e. The highest BCUT2D eigenvalue weighted by Crippen LogP contribution is 2.44. The Bertz CT molecular complexity index is 2730. The fraction of sp³-hybridized carbons (Fsp3) is 0. The van der Waals surface area contributed by atoms with Crippen LogP contribution in [0.4, 0.5) is 0 Å². The van der Waals surface area contributed by atoms with E-state index in [0.717, 1.165) is 16.7 Å². The van der Waals surface area contributed by atoms with Crippen molar-refractivity contribution in [3.63, 3.8) is 0 Å². The van der Waals surface area contributed by atoms with Gasteiger partial charge in [-0.3, -0.25) is 4.98 Å². The van der Waals surface area contributed by atoms with Gasteiger partial charge in [0.2, 0.25) is 0 Å². The van der Waals surface area contributed by atoms with E-state index in [1.165, 1.54) is 74.9 Å². The summed E-state index contributed by atoms with van der Waals surface area (Å²) in [7, 11) is 0. The highest BCUT2D eigenvalue weighted by molar-refractivity contribution is 7.26. The molecule has 0 bridgehead atoms. The van der Waals surface area contributed by atoms with Gasteiger partial charge in [-0.2, -0.15) is 0 Å². The number of para-hydroxylation sites is 1. The van der Waals surface area contributed by atoms with Crippen LogP contribution in [-0.4, -0.2) is 9.55 Å². The van der Waals surface area contributed by atoms with Gasteiger partial charge in [0.1, 0.15) is 0 Å². The molecule has 46 heavy (non-hydrogen) atoms. The molecule has 0 N–H and O–H groups in total. The van der Waals surface area contributed by atoms with Gasteiger partial charge in [0.05, 0.1) is 16.6 Å². The second kappa shape index (κ2) is 9.87. The van der Waals surface area contributed by atoms with Gasteiger partial charge in [-0.05, 0) is 63.4 Å². The molecule has 0 atom stereocenters. The van der Waals surface area contributed by atoms with E-state index < -0.39 is 0 Å². The molecule has 10 aromatic rings. The average molecular weight is 603 g/mol. The summed E-state index contributed by atoms with van der Waals surface area (Å²) in [5.41, 5.74) is 9.26. The van der Waals surface area contributed by atoms with Gasteiger partial charge < -0.3 is 4.57 Å². The van der Waals surface area contributed by atoms with Crippen LogP contribution >= 0.6 is 11.3 Å². The minimum atomic E-state index is 1.03. The van der Waals surface area contributed by atoms with E-state index in [-0.39, 0.29) is 0 Å². The third-order valence-electron chi connectivity index (χ3n) is 9.38. The van der Waals surface area contributed by atoms with Crippen molar-refractivity contribution < 1.29 is 0 Å². The lowest BCUT2D eigenvalue weighted by Crippen LogP contribution is -1.97. The number of rotatable bonds is 3. The minimum absolute atomic E-state index is 1.03. The number of hydrogen-bond donors (Lipinski definition) is 0. The number of pyridine rings is 1. The third kappa shape index (κ3) is 3.73. The van der Waals surface area contributed by atoms with Gasteiger partial charge in [0, 0.05) is 48.2 Å². The summed E-state index contributed by atoms with van der Waals surface area (Å²) in [5.74, 6) is 0. The molecule has 0 aliphatic rings. The minimum Gasteiger partial charge on any atom is -0.307 e. The predicted molar refractivity (Wildman–Crippen MR) is 197 cm³/mol. The maximum atomic E-state index is 5.30. The van der Waals surface area contributed by atoms with E-state index in [2.05, 4.69) is 162 Å². The molecule has 3 aromatic heterocycles. The molecule has 3 heteroatoms. The van der Waals surface area contributed by atoms with Crippen LogP contribution in [0.5, 0.6) is 0 Å². The zero-order chi connectivity index (χ0) is 30.2. The van der Waals surface area contributed by atoms with E-state index in [1.807, 2.05) is 11.3 Å². The Morgan fingerprint density at radius 1 is 0.478 bits per heavy atom. The number of nitrogens with zero attached hydrogens (tertiary/aromatic N) is 2. The topological polar surface area (TPSA) is 17.8 Å². The lowest BCUT2D eigenvalue weighted by atomic mass is 9.98. The van der Waals surface area contributed by atoms with Crippen LogP contribution in [0.3, 0.4) is 0 Å². The quantitative estimate of drug-likeness (QED) is 0.197. The molecule has 3 heterocycles. The predicted octanol–water partition coefficient (Wildman–Crippen LogP) is 12.2. The number of aromatic nitrogens is 2. The van der Waals surface area contributed by atoms with Crippen LogP contribution in [0.2, 0.25) is 0 Å². The van der Waals surface area contributed by atoms with Gasteiger partial charge in [-0.15, -0.1) is 11.3 Å². The van der Waals surface area contributed by atoms with E-state index in [4.69, 9.17) is 4.98 Å². The Hall–Kier alpha value is -5.77. The van der Waals surface area contributed by atoms with Crippen LogP contribution in [0.1, 0.15) is 0 Å². The first-order valence-corrected chi connectivity index (χ1v) is 16.4. The Labute approximate surface area is 269 Å². The van der Waals surface area contributed by atoms with Crippen LogP contribution in [0.15, 0.2) is 158 Å². The van der Waals surface area contributed by atoms with Crippen molar-refractivity contribution in [2.75, 3.05) is 0 Å². The Morgan fingerprint density at radius 3 is 1.89 bits per heavy atom. The molecule has 0 aliphatic heterocycles. The lowest BCUT2D eigenvalue weighted by molar-refractivity contribution is 1.18. The van der Waals surface area contributed by atoms with Crippen LogP contribution in [0.25, 0.3) is 91.6 Å². The molecule has 0 unspecified atom stereocenters. The van der Waals surface area contributed by atoms with Crippen LogP contribution in [-0.2, 0) is 0 Å². The van der Waals surface area contributed by atoms with E-state index >= 15 is 0 Å². The molecular formula is C43H26N2S. The second-order valence-corrected chi connectivity index (χ2v) is 13.0. The second-order valence-electron chi connectivity index (χ2n) is 12.0. The fourth-order valence-electron chi connectivity index (χ4n) is 7.30. The Balaban J connectivity index is 1.33. The summed E-state index contributed by atoms with van der Waals surface area (Å²) < 4.78 is 5.03. The summed E-state index contributed by atoms with van der Waals surface area (Å²) in [6.07, 6.45) is 2.11. The maximum absolute atomic E-state index is 5.30. The molecule has 7 aromatic carbocycles. The van der Waals surface area contributed by atoms with Gasteiger partial charge in [0.15, 0.2) is 0 Å². The van der Waals surface area contributed by atoms with Crippen LogP contribution < -0.4 is 0 Å². The van der Waals surface area contributed by atoms with Crippen molar-refractivity contribution in [2.24, 2.45) is 0 Å². The zero-order valence-corrected chi connectivity index (χ0v) is 25.6. The largest absolute Gasteiger partial charge is 0.307 e. The number of thiophene rings is 1. The number of benzene rings is 7. The van der Waals surface area contributed by atoms with Crippen molar-refractivity contribution in [3.8, 4) is 27.9 Å². The molecule has 0 saturated heterocycles. The average Bonchev–Trinajstić information content (AvgIpc) is 3.69. The zero-order valence-electron chi connectivity index (χ0n) is 24.8. The lowest BCUT2D eigenvalue weighted by Gasteiger charge is -2.15. The Kier molecular flexibility index (Phi) is 5.48. The van der Waals surface area contributed by atoms with Gasteiger partial charge in [-0.25, -0.2) is 0 Å². The van der Waals surface area contributed by atoms with E-state index in [9.17, 15) is 0 Å². The highest BCUT2D eigenvalue weighted by atomic mass is 32.1. The van der Waals surface area contributed by atoms with E-state index in [1.54, 1.807) is 0 Å². The van der Waals surface area contributed by atoms with Crippen molar-refractivity contribution in [3.05, 3.63) is 158 Å². The molecule has 214 valence electrons. The van der Waals surface area contributed by atoms with Crippen molar-refractivity contribution in [1.29, 1.82) is 0 Å².